The molecule has 0 fully saturated rings. The van der Waals surface area contributed by atoms with Crippen LogP contribution in [-0.2, 0) is 51.2 Å². The molecule has 2 amide bonds. The van der Waals surface area contributed by atoms with Gasteiger partial charge in [0.25, 0.3) is 23.2 Å². The van der Waals surface area contributed by atoms with Gasteiger partial charge >= 0.3 is 0 Å². The molecule has 0 unspecified atom stereocenters. The van der Waals surface area contributed by atoms with Crippen LogP contribution < -0.4 is 20.3 Å². The summed E-state index contributed by atoms with van der Waals surface area (Å²) in [7, 11) is 2.38. The second kappa shape index (κ2) is 17.2. The van der Waals surface area contributed by atoms with Crippen LogP contribution in [0.15, 0.2) is 24.8 Å². The number of amides is 2. The van der Waals surface area contributed by atoms with Gasteiger partial charge in [0, 0.05) is 39.2 Å². The topological polar surface area (TPSA) is 203 Å². The van der Waals surface area contributed by atoms with E-state index < -0.39 is 8.07 Å². The maximum Gasteiger partial charge on any atom is 0.274 e. The van der Waals surface area contributed by atoms with Crippen molar-refractivity contribution in [3.05, 3.63) is 68.8 Å². The van der Waals surface area contributed by atoms with Crippen molar-refractivity contribution < 1.29 is 24.0 Å². The zero-order valence-corrected chi connectivity index (χ0v) is 37.3. The summed E-state index contributed by atoms with van der Waals surface area (Å²) in [6.07, 6.45) is 14.4. The van der Waals surface area contributed by atoms with Crippen LogP contribution in [0.5, 0.6) is 0 Å². The second-order valence-corrected chi connectivity index (χ2v) is 23.4. The Bertz CT molecular complexity index is 2560. The Morgan fingerprint density at radius 1 is 0.800 bits per heavy atom. The van der Waals surface area contributed by atoms with Gasteiger partial charge in [0.2, 0.25) is 0 Å². The number of aromatic amines is 1. The molecule has 8 rings (SSSR count). The average molecular weight is 839 g/mol. The number of fused-ring (bicyclic) bond motifs is 4. The van der Waals surface area contributed by atoms with Crippen LogP contribution in [0.1, 0.15) is 96.6 Å². The molecular weight excluding hydrogens is 781 g/mol. The molecule has 0 radical (unpaired) electrons. The maximum atomic E-state index is 13.0. The lowest BCUT2D eigenvalue weighted by atomic mass is 9.95. The van der Waals surface area contributed by atoms with Crippen LogP contribution in [0.25, 0.3) is 45.1 Å². The minimum atomic E-state index is -1.20. The van der Waals surface area contributed by atoms with Gasteiger partial charge in [-0.15, -0.1) is 9.36 Å². The number of ether oxygens (including phenoxy) is 1. The number of hydrogen-bond acceptors (Lipinski definition) is 9. The fourth-order valence-corrected chi connectivity index (χ4v) is 8.85. The van der Waals surface area contributed by atoms with E-state index in [0.717, 1.165) is 89.6 Å². The zero-order valence-electron chi connectivity index (χ0n) is 36.3. The Hall–Kier alpha value is -5.62. The molecule has 0 saturated carbocycles. The molecule has 6 aromatic rings. The molecule has 0 aromatic carbocycles. The van der Waals surface area contributed by atoms with Crippen molar-refractivity contribution in [3.63, 3.8) is 0 Å². The van der Waals surface area contributed by atoms with E-state index in [2.05, 4.69) is 50.2 Å². The summed E-state index contributed by atoms with van der Waals surface area (Å²) in [6.45, 7) is 15.6. The third-order valence-electron chi connectivity index (χ3n) is 11.1. The van der Waals surface area contributed by atoms with E-state index in [1.165, 1.54) is 0 Å². The van der Waals surface area contributed by atoms with E-state index in [-0.39, 0.29) is 23.9 Å². The highest BCUT2D eigenvalue weighted by Gasteiger charge is 2.32. The Labute approximate surface area is 350 Å². The van der Waals surface area contributed by atoms with E-state index in [1.54, 1.807) is 48.2 Å². The molecule has 6 heterocycles. The van der Waals surface area contributed by atoms with E-state index >= 15 is 0 Å². The summed E-state index contributed by atoms with van der Waals surface area (Å²) < 4.78 is 11.1. The highest BCUT2D eigenvalue weighted by molar-refractivity contribution is 6.76. The Morgan fingerprint density at radius 2 is 1.32 bits per heavy atom. The summed E-state index contributed by atoms with van der Waals surface area (Å²) in [5.41, 5.74) is 9.25. The van der Waals surface area contributed by atoms with E-state index in [1.807, 2.05) is 32.3 Å². The van der Waals surface area contributed by atoms with Gasteiger partial charge in [-0.05, 0) is 85.1 Å². The second-order valence-electron chi connectivity index (χ2n) is 17.8. The van der Waals surface area contributed by atoms with Crippen LogP contribution >= 0.6 is 0 Å². The molecule has 60 heavy (non-hydrogen) atoms. The van der Waals surface area contributed by atoms with Crippen molar-refractivity contribution >= 4 is 42.2 Å². The van der Waals surface area contributed by atoms with Gasteiger partial charge in [0.15, 0.2) is 22.7 Å². The molecule has 6 aromatic heterocycles. The summed E-state index contributed by atoms with van der Waals surface area (Å²) in [5, 5.41) is 31.6. The third-order valence-corrected chi connectivity index (χ3v) is 12.8. The van der Waals surface area contributed by atoms with Gasteiger partial charge in [-0.3, -0.25) is 9.59 Å². The minimum absolute atomic E-state index is 0.0139. The van der Waals surface area contributed by atoms with Crippen molar-refractivity contribution in [2.75, 3.05) is 6.61 Å². The summed E-state index contributed by atoms with van der Waals surface area (Å²) in [4.78, 5) is 48.7. The van der Waals surface area contributed by atoms with Gasteiger partial charge < -0.3 is 35.3 Å². The molecule has 0 saturated heterocycles. The normalized spacial score (nSPS) is 14.1. The number of nitrogens with one attached hydrogen (secondary N) is 3. The van der Waals surface area contributed by atoms with Gasteiger partial charge in [-0.25, -0.2) is 19.9 Å². The average Bonchev–Trinajstić information content (AvgIpc) is 3.92. The number of nitrogens with zero attached hydrogens (tertiary/aromatic N) is 9. The van der Waals surface area contributed by atoms with Crippen molar-refractivity contribution in [2.45, 2.75) is 124 Å². The summed E-state index contributed by atoms with van der Waals surface area (Å²) in [5.74, 6) is -0.416. The molecule has 17 nitrogen and oxygen atoms in total. The molecule has 3 N–H and O–H groups in total. The molecule has 2 aliphatic carbocycles. The molecule has 0 aliphatic heterocycles. The first-order valence-electron chi connectivity index (χ1n) is 21.0. The lowest BCUT2D eigenvalue weighted by Crippen LogP contribution is -2.38. The summed E-state index contributed by atoms with van der Waals surface area (Å²) >= 11 is 0. The van der Waals surface area contributed by atoms with Crippen molar-refractivity contribution in [1.82, 2.24) is 49.5 Å². The molecular formula is C42H58N12O5Si. The Kier molecular flexibility index (Phi) is 12.2. The summed E-state index contributed by atoms with van der Waals surface area (Å²) in [6, 6.07) is 1.07. The van der Waals surface area contributed by atoms with Gasteiger partial charge in [-0.1, -0.05) is 29.3 Å². The number of carbonyl (C=O) groups is 2. The van der Waals surface area contributed by atoms with Crippen molar-refractivity contribution in [2.24, 2.45) is 14.1 Å². The number of carbonyl (C=O) groups excluding carboxylic acids is 2. The van der Waals surface area contributed by atoms with Crippen molar-refractivity contribution in [3.8, 4) is 22.8 Å². The molecule has 18 heteroatoms. The minimum Gasteiger partial charge on any atom is -0.595 e. The highest BCUT2D eigenvalue weighted by atomic mass is 28.3. The van der Waals surface area contributed by atoms with E-state index in [0.29, 0.717) is 69.6 Å². The van der Waals surface area contributed by atoms with Gasteiger partial charge in [-0.2, -0.15) is 0 Å². The number of H-pyrrole nitrogens is 1. The highest BCUT2D eigenvalue weighted by Crippen LogP contribution is 2.31. The molecule has 2 aliphatic rings. The van der Waals surface area contributed by atoms with Crippen molar-refractivity contribution in [1.29, 1.82) is 0 Å². The first kappa shape index (κ1) is 42.5. The Balaban J connectivity index is 0.000000188. The lowest BCUT2D eigenvalue weighted by Gasteiger charge is -2.15. The smallest absolute Gasteiger partial charge is 0.274 e. The predicted molar refractivity (Wildman–Crippen MR) is 231 cm³/mol. The maximum absolute atomic E-state index is 13.0. The monoisotopic (exact) mass is 838 g/mol. The van der Waals surface area contributed by atoms with Crippen LogP contribution in [0.4, 0.5) is 0 Å². The Morgan fingerprint density at radius 3 is 1.87 bits per heavy atom. The first-order valence-corrected chi connectivity index (χ1v) is 24.8. The third kappa shape index (κ3) is 8.52. The quantitative estimate of drug-likeness (QED) is 0.0694. The molecule has 320 valence electrons. The SMILES string of the molecule is CC(C)NC(=O)c1c[nH]c2ncc(-c3c4c(n(C)[n+]3[O-])CCCC4)nc12.CC(C)NC(=O)c1cn(COCC[Si](C)(C)C)c2ncc(-c3c4c(n(C)[n+]3[O-])CCCC4)nc12. The number of rotatable bonds is 11. The lowest BCUT2D eigenvalue weighted by molar-refractivity contribution is -0.682. The zero-order chi connectivity index (χ0) is 43.0. The molecule has 0 atom stereocenters. The van der Waals surface area contributed by atoms with Crippen LogP contribution in [0.2, 0.25) is 25.7 Å². The first-order chi connectivity index (χ1) is 28.5. The van der Waals surface area contributed by atoms with E-state index in [9.17, 15) is 20.0 Å². The number of hydrogen-bond donors (Lipinski definition) is 3. The fourth-order valence-electron chi connectivity index (χ4n) is 8.09. The molecule has 0 spiro atoms. The van der Waals surface area contributed by atoms with Crippen LogP contribution in [-0.4, -0.2) is 77.4 Å². The number of aromatic nitrogens is 10. The van der Waals surface area contributed by atoms with Gasteiger partial charge in [0.1, 0.15) is 17.8 Å². The largest absolute Gasteiger partial charge is 0.595 e. The fraction of sp³-hybridized carbons (Fsp3) is 0.524. The predicted octanol–water partition coefficient (Wildman–Crippen LogP) is 5.01. The van der Waals surface area contributed by atoms with Gasteiger partial charge in [0.05, 0.1) is 60.1 Å². The molecule has 0 bridgehead atoms. The van der Waals surface area contributed by atoms with Crippen LogP contribution in [0.3, 0.4) is 0 Å². The standard InChI is InChI=1S/C24H36N6O3Si.C18H22N6O2/c1-16(2)26-24(31)18-14-29(15-33-11-12-34(4,5)6)23-21(18)27-19(13-25-23)22-17-9-7-8-10-20(17)28(3)30(22)32;1-10(2)21-18(25)12-8-19-17-15(12)22-13(9-20-17)16-11-6-4-5-7-14(11)23(3)24(16)26/h13-14,16H,7-12,15H2,1-6H3,(H,26,31);8-10H,4-7H2,1-3H3,(H,19,20)(H,21,25). The van der Waals surface area contributed by atoms with E-state index in [4.69, 9.17) is 9.72 Å². The van der Waals surface area contributed by atoms with Crippen LogP contribution in [0, 0.1) is 10.4 Å².